The number of nitrogens with zero attached hydrogens (tertiary/aromatic N) is 2. The van der Waals surface area contributed by atoms with Gasteiger partial charge in [-0.2, -0.15) is 0 Å². The third-order valence-corrected chi connectivity index (χ3v) is 6.80. The second-order valence-electron chi connectivity index (χ2n) is 8.77. The van der Waals surface area contributed by atoms with E-state index >= 15 is 0 Å². The Bertz CT molecular complexity index is 1290. The summed E-state index contributed by atoms with van der Waals surface area (Å²) in [6, 6.07) is 25.0. The Balaban J connectivity index is 1.63. The van der Waals surface area contributed by atoms with Crippen molar-refractivity contribution in [1.82, 2.24) is 9.80 Å². The van der Waals surface area contributed by atoms with Gasteiger partial charge < -0.3 is 19.4 Å². The highest BCUT2D eigenvalue weighted by molar-refractivity contribution is 6.09. The SMILES string of the molecule is CCN1CCN(C(c2ccccc2OC)c2oc3ccccc3c2NC(=O)c2ccccc2)CC1. The van der Waals surface area contributed by atoms with Gasteiger partial charge in [0, 0.05) is 42.7 Å². The van der Waals surface area contributed by atoms with Gasteiger partial charge in [-0.3, -0.25) is 9.69 Å². The lowest BCUT2D eigenvalue weighted by molar-refractivity contribution is 0.101. The van der Waals surface area contributed by atoms with E-state index in [1.54, 1.807) is 7.11 Å². The van der Waals surface area contributed by atoms with Crippen molar-refractivity contribution in [2.75, 3.05) is 45.2 Å². The molecule has 3 aromatic carbocycles. The van der Waals surface area contributed by atoms with Crippen LogP contribution in [0.3, 0.4) is 0 Å². The molecule has 4 aromatic rings. The van der Waals surface area contributed by atoms with Gasteiger partial charge in [-0.15, -0.1) is 0 Å². The summed E-state index contributed by atoms with van der Waals surface area (Å²) >= 11 is 0. The number of rotatable bonds is 7. The number of likely N-dealkylation sites (N-methyl/N-ethyl adjacent to an activating group) is 1. The lowest BCUT2D eigenvalue weighted by Crippen LogP contribution is -2.47. The molecule has 2 heterocycles. The van der Waals surface area contributed by atoms with Crippen LogP contribution in [-0.4, -0.2) is 55.5 Å². The number of hydrogen-bond donors (Lipinski definition) is 1. The smallest absolute Gasteiger partial charge is 0.255 e. The van der Waals surface area contributed by atoms with E-state index in [-0.39, 0.29) is 11.9 Å². The second-order valence-corrected chi connectivity index (χ2v) is 8.77. The molecule has 5 rings (SSSR count). The second kappa shape index (κ2) is 10.3. The quantitative estimate of drug-likeness (QED) is 0.392. The number of methoxy groups -OCH3 is 1. The maximum absolute atomic E-state index is 13.3. The van der Waals surface area contributed by atoms with Crippen LogP contribution < -0.4 is 10.1 Å². The molecular weight excluding hydrogens is 438 g/mol. The van der Waals surface area contributed by atoms with E-state index in [1.807, 2.05) is 72.8 Å². The first-order valence-electron chi connectivity index (χ1n) is 12.2. The monoisotopic (exact) mass is 469 g/mol. The molecule has 1 aliphatic rings. The number of carbonyl (C=O) groups excluding carboxylic acids is 1. The van der Waals surface area contributed by atoms with Crippen LogP contribution in [0, 0.1) is 0 Å². The number of benzene rings is 3. The highest BCUT2D eigenvalue weighted by Crippen LogP contribution is 2.43. The summed E-state index contributed by atoms with van der Waals surface area (Å²) in [5, 5.41) is 4.07. The van der Waals surface area contributed by atoms with Gasteiger partial charge in [0.25, 0.3) is 5.91 Å². The van der Waals surface area contributed by atoms with Crippen LogP contribution in [0.1, 0.15) is 34.6 Å². The summed E-state index contributed by atoms with van der Waals surface area (Å²) in [4.78, 5) is 18.1. The maximum Gasteiger partial charge on any atom is 0.255 e. The van der Waals surface area contributed by atoms with Crippen molar-refractivity contribution >= 4 is 22.6 Å². The molecule has 1 saturated heterocycles. The molecule has 35 heavy (non-hydrogen) atoms. The zero-order valence-corrected chi connectivity index (χ0v) is 20.2. The number of amides is 1. The topological polar surface area (TPSA) is 58.0 Å². The molecule has 1 fully saturated rings. The van der Waals surface area contributed by atoms with Gasteiger partial charge in [-0.25, -0.2) is 0 Å². The molecule has 0 saturated carbocycles. The first-order chi connectivity index (χ1) is 17.2. The number of furan rings is 1. The molecule has 1 unspecified atom stereocenters. The molecule has 180 valence electrons. The van der Waals surface area contributed by atoms with Crippen molar-refractivity contribution in [3.05, 3.63) is 95.7 Å². The number of fused-ring (bicyclic) bond motifs is 1. The number of nitrogens with one attached hydrogen (secondary N) is 1. The van der Waals surface area contributed by atoms with Crippen LogP contribution in [0.2, 0.25) is 0 Å². The molecule has 1 aliphatic heterocycles. The Labute approximate surface area is 206 Å². The molecule has 0 spiro atoms. The molecule has 0 bridgehead atoms. The molecule has 1 amide bonds. The van der Waals surface area contributed by atoms with Crippen molar-refractivity contribution < 1.29 is 13.9 Å². The molecule has 0 aliphatic carbocycles. The Hall–Kier alpha value is -3.61. The van der Waals surface area contributed by atoms with Crippen molar-refractivity contribution in [2.45, 2.75) is 13.0 Å². The van der Waals surface area contributed by atoms with E-state index in [0.717, 1.165) is 60.8 Å². The van der Waals surface area contributed by atoms with Crippen LogP contribution in [0.5, 0.6) is 5.75 Å². The average Bonchev–Trinajstić information content (AvgIpc) is 3.27. The Morgan fingerprint density at radius 2 is 1.63 bits per heavy atom. The van der Waals surface area contributed by atoms with Crippen LogP contribution in [0.15, 0.2) is 83.3 Å². The van der Waals surface area contributed by atoms with Crippen molar-refractivity contribution in [3.63, 3.8) is 0 Å². The van der Waals surface area contributed by atoms with Gasteiger partial charge in [-0.05, 0) is 36.9 Å². The molecule has 6 nitrogen and oxygen atoms in total. The summed E-state index contributed by atoms with van der Waals surface area (Å²) in [7, 11) is 1.70. The van der Waals surface area contributed by atoms with E-state index in [0.29, 0.717) is 11.3 Å². The van der Waals surface area contributed by atoms with Gasteiger partial charge in [0.15, 0.2) is 5.76 Å². The average molecular weight is 470 g/mol. The van der Waals surface area contributed by atoms with Crippen molar-refractivity contribution in [1.29, 1.82) is 0 Å². The fourth-order valence-corrected chi connectivity index (χ4v) is 4.89. The number of ether oxygens (including phenoxy) is 1. The van der Waals surface area contributed by atoms with E-state index in [9.17, 15) is 4.79 Å². The molecule has 6 heteroatoms. The standard InChI is InChI=1S/C29H31N3O3/c1-3-31-17-19-32(20-18-31)27(23-14-8-9-15-24(23)34-2)28-26(22-13-7-10-16-25(22)35-28)30-29(33)21-11-5-4-6-12-21/h4-16,27H,3,17-20H2,1-2H3,(H,30,33). The lowest BCUT2D eigenvalue weighted by Gasteiger charge is -2.39. The predicted molar refractivity (Wildman–Crippen MR) is 139 cm³/mol. The minimum Gasteiger partial charge on any atom is -0.496 e. The van der Waals surface area contributed by atoms with Crippen LogP contribution in [-0.2, 0) is 0 Å². The highest BCUT2D eigenvalue weighted by atomic mass is 16.5. The van der Waals surface area contributed by atoms with Gasteiger partial charge in [-0.1, -0.05) is 55.5 Å². The van der Waals surface area contributed by atoms with Crippen LogP contribution in [0.25, 0.3) is 11.0 Å². The van der Waals surface area contributed by atoms with E-state index in [4.69, 9.17) is 9.15 Å². The number of anilines is 1. The fourth-order valence-electron chi connectivity index (χ4n) is 4.89. The van der Waals surface area contributed by atoms with E-state index in [1.165, 1.54) is 0 Å². The predicted octanol–water partition coefficient (Wildman–Crippen LogP) is 5.42. The zero-order chi connectivity index (χ0) is 24.2. The van der Waals surface area contributed by atoms with Gasteiger partial charge in [0.2, 0.25) is 0 Å². The Morgan fingerprint density at radius 3 is 2.37 bits per heavy atom. The van der Waals surface area contributed by atoms with E-state index < -0.39 is 0 Å². The van der Waals surface area contributed by atoms with Gasteiger partial charge in [0.1, 0.15) is 11.3 Å². The third kappa shape index (κ3) is 4.67. The number of piperazine rings is 1. The first-order valence-corrected chi connectivity index (χ1v) is 12.2. The first kappa shape index (κ1) is 23.1. The summed E-state index contributed by atoms with van der Waals surface area (Å²) in [6.45, 7) is 6.97. The highest BCUT2D eigenvalue weighted by Gasteiger charge is 2.34. The lowest BCUT2D eigenvalue weighted by atomic mass is 9.98. The molecule has 0 radical (unpaired) electrons. The number of para-hydroxylation sites is 2. The summed E-state index contributed by atoms with van der Waals surface area (Å²) in [5.41, 5.74) is 3.09. The van der Waals surface area contributed by atoms with Crippen LogP contribution >= 0.6 is 0 Å². The molecule has 1 atom stereocenters. The van der Waals surface area contributed by atoms with Gasteiger partial charge in [0.05, 0.1) is 18.8 Å². The largest absolute Gasteiger partial charge is 0.496 e. The third-order valence-electron chi connectivity index (χ3n) is 6.80. The summed E-state index contributed by atoms with van der Waals surface area (Å²) in [5.74, 6) is 1.37. The minimum atomic E-state index is -0.205. The van der Waals surface area contributed by atoms with Gasteiger partial charge >= 0.3 is 0 Å². The Morgan fingerprint density at radius 1 is 0.943 bits per heavy atom. The fraction of sp³-hybridized carbons (Fsp3) is 0.276. The minimum absolute atomic E-state index is 0.159. The van der Waals surface area contributed by atoms with Crippen LogP contribution in [0.4, 0.5) is 5.69 Å². The molecular formula is C29H31N3O3. The Kier molecular flexibility index (Phi) is 6.84. The van der Waals surface area contributed by atoms with E-state index in [2.05, 4.69) is 28.1 Å². The molecule has 1 aromatic heterocycles. The maximum atomic E-state index is 13.3. The number of carbonyl (C=O) groups is 1. The normalized spacial score (nSPS) is 15.7. The number of hydrogen-bond acceptors (Lipinski definition) is 5. The van der Waals surface area contributed by atoms with Crippen molar-refractivity contribution in [2.24, 2.45) is 0 Å². The summed E-state index contributed by atoms with van der Waals surface area (Å²) in [6.07, 6.45) is 0. The van der Waals surface area contributed by atoms with Crippen molar-refractivity contribution in [3.8, 4) is 5.75 Å². The molecule has 1 N–H and O–H groups in total. The summed E-state index contributed by atoms with van der Waals surface area (Å²) < 4.78 is 12.3. The zero-order valence-electron chi connectivity index (χ0n) is 20.2.